The molecule has 1 aromatic heterocycles. The lowest BCUT2D eigenvalue weighted by Gasteiger charge is -2.11. The van der Waals surface area contributed by atoms with Gasteiger partial charge in [-0.05, 0) is 54.4 Å². The van der Waals surface area contributed by atoms with Crippen molar-refractivity contribution in [2.75, 3.05) is 20.8 Å². The van der Waals surface area contributed by atoms with Gasteiger partial charge in [-0.25, -0.2) is 0 Å². The number of nitrogens with one attached hydrogen (secondary N) is 1. The quantitative estimate of drug-likeness (QED) is 0.666. The predicted molar refractivity (Wildman–Crippen MR) is 106 cm³/mol. The Hall–Kier alpha value is -2.92. The van der Waals surface area contributed by atoms with E-state index in [0.29, 0.717) is 35.1 Å². The van der Waals surface area contributed by atoms with Crippen LogP contribution in [0, 0.1) is 0 Å². The molecule has 140 valence electrons. The van der Waals surface area contributed by atoms with Crippen LogP contribution in [0.1, 0.15) is 15.9 Å². The number of amides is 1. The van der Waals surface area contributed by atoms with Crippen LogP contribution in [0.2, 0.25) is 5.02 Å². The molecule has 3 aromatic rings. The van der Waals surface area contributed by atoms with Gasteiger partial charge >= 0.3 is 0 Å². The molecule has 27 heavy (non-hydrogen) atoms. The molecule has 0 saturated carbocycles. The molecule has 6 heteroatoms. The molecule has 3 rings (SSSR count). The summed E-state index contributed by atoms with van der Waals surface area (Å²) >= 11 is 6.22. The highest BCUT2D eigenvalue weighted by Gasteiger charge is 2.12. The number of halogens is 1. The molecule has 0 spiro atoms. The summed E-state index contributed by atoms with van der Waals surface area (Å²) in [4.78, 5) is 12.6. The van der Waals surface area contributed by atoms with E-state index in [1.807, 2.05) is 53.4 Å². The van der Waals surface area contributed by atoms with E-state index in [1.54, 1.807) is 26.4 Å². The molecule has 0 unspecified atom stereocenters. The maximum Gasteiger partial charge on any atom is 0.252 e. The van der Waals surface area contributed by atoms with E-state index in [0.717, 1.165) is 11.3 Å². The largest absolute Gasteiger partial charge is 0.493 e. The fourth-order valence-electron chi connectivity index (χ4n) is 2.81. The van der Waals surface area contributed by atoms with Crippen molar-refractivity contribution in [2.45, 2.75) is 6.42 Å². The summed E-state index contributed by atoms with van der Waals surface area (Å²) in [7, 11) is 3.20. The van der Waals surface area contributed by atoms with Crippen LogP contribution in [-0.2, 0) is 6.42 Å². The van der Waals surface area contributed by atoms with Gasteiger partial charge in [0.1, 0.15) is 0 Å². The van der Waals surface area contributed by atoms with Crippen LogP contribution in [0.4, 0.5) is 0 Å². The van der Waals surface area contributed by atoms with Crippen molar-refractivity contribution in [2.24, 2.45) is 0 Å². The number of carbonyl (C=O) groups excluding carboxylic acids is 1. The summed E-state index contributed by atoms with van der Waals surface area (Å²) < 4.78 is 12.5. The molecule has 2 aromatic carbocycles. The second kappa shape index (κ2) is 8.64. The second-order valence-electron chi connectivity index (χ2n) is 5.95. The fourth-order valence-corrected chi connectivity index (χ4v) is 3.01. The molecule has 5 nitrogen and oxygen atoms in total. The number of methoxy groups -OCH3 is 2. The molecular formula is C21H21ClN2O3. The Balaban J connectivity index is 1.65. The molecule has 0 fully saturated rings. The van der Waals surface area contributed by atoms with Gasteiger partial charge < -0.3 is 19.4 Å². The average molecular weight is 385 g/mol. The van der Waals surface area contributed by atoms with Crippen molar-refractivity contribution in [1.82, 2.24) is 9.88 Å². The standard InChI is InChI=1S/C21H21ClN2O3/c1-26-19-8-5-15(13-20(19)27-2)9-10-23-21(25)17-14-16(6-7-18(17)22)24-11-3-4-12-24/h3-8,11-14H,9-10H2,1-2H3,(H,23,25). The highest BCUT2D eigenvalue weighted by atomic mass is 35.5. The van der Waals surface area contributed by atoms with E-state index in [-0.39, 0.29) is 5.91 Å². The van der Waals surface area contributed by atoms with Crippen LogP contribution < -0.4 is 14.8 Å². The SMILES string of the molecule is COc1ccc(CCNC(=O)c2cc(-n3cccc3)ccc2Cl)cc1OC. The molecule has 1 heterocycles. The topological polar surface area (TPSA) is 52.5 Å². The molecule has 0 saturated heterocycles. The summed E-state index contributed by atoms with van der Waals surface area (Å²) in [6, 6.07) is 15.0. The maximum absolute atomic E-state index is 12.6. The molecule has 0 aliphatic carbocycles. The minimum Gasteiger partial charge on any atom is -0.493 e. The van der Waals surface area contributed by atoms with Crippen molar-refractivity contribution in [1.29, 1.82) is 0 Å². The van der Waals surface area contributed by atoms with Gasteiger partial charge in [-0.1, -0.05) is 17.7 Å². The minimum absolute atomic E-state index is 0.200. The van der Waals surface area contributed by atoms with Gasteiger partial charge in [-0.2, -0.15) is 0 Å². The van der Waals surface area contributed by atoms with Crippen LogP contribution in [0.15, 0.2) is 60.9 Å². The van der Waals surface area contributed by atoms with Crippen LogP contribution in [0.3, 0.4) is 0 Å². The molecule has 0 aliphatic rings. The van der Waals surface area contributed by atoms with Crippen molar-refractivity contribution >= 4 is 17.5 Å². The predicted octanol–water partition coefficient (Wildman–Crippen LogP) is 4.12. The van der Waals surface area contributed by atoms with Crippen LogP contribution in [0.5, 0.6) is 11.5 Å². The normalized spacial score (nSPS) is 10.5. The lowest BCUT2D eigenvalue weighted by Crippen LogP contribution is -2.26. The van der Waals surface area contributed by atoms with E-state index >= 15 is 0 Å². The molecule has 1 amide bonds. The van der Waals surface area contributed by atoms with Gasteiger partial charge in [0, 0.05) is 24.6 Å². The second-order valence-corrected chi connectivity index (χ2v) is 6.36. The van der Waals surface area contributed by atoms with Gasteiger partial charge in [0.05, 0.1) is 24.8 Å². The number of carbonyl (C=O) groups is 1. The zero-order valence-corrected chi connectivity index (χ0v) is 16.0. The van der Waals surface area contributed by atoms with Crippen LogP contribution in [-0.4, -0.2) is 31.2 Å². The number of rotatable bonds is 7. The number of nitrogens with zero attached hydrogens (tertiary/aromatic N) is 1. The Morgan fingerprint density at radius 2 is 1.78 bits per heavy atom. The van der Waals surface area contributed by atoms with Gasteiger partial charge in [0.2, 0.25) is 0 Å². The van der Waals surface area contributed by atoms with Crippen LogP contribution in [0.25, 0.3) is 5.69 Å². The molecule has 0 radical (unpaired) electrons. The third-order valence-electron chi connectivity index (χ3n) is 4.24. The Labute approximate surface area is 163 Å². The monoisotopic (exact) mass is 384 g/mol. The number of ether oxygens (including phenoxy) is 2. The Morgan fingerprint density at radius 3 is 2.48 bits per heavy atom. The van der Waals surface area contributed by atoms with Gasteiger partial charge in [-0.3, -0.25) is 4.79 Å². The zero-order chi connectivity index (χ0) is 19.2. The lowest BCUT2D eigenvalue weighted by atomic mass is 10.1. The average Bonchev–Trinajstić information content (AvgIpc) is 3.23. The van der Waals surface area contributed by atoms with Crippen molar-refractivity contribution in [3.63, 3.8) is 0 Å². The summed E-state index contributed by atoms with van der Waals surface area (Å²) in [5, 5.41) is 3.35. The molecule has 1 N–H and O–H groups in total. The van der Waals surface area contributed by atoms with E-state index in [2.05, 4.69) is 5.32 Å². The van der Waals surface area contributed by atoms with E-state index in [4.69, 9.17) is 21.1 Å². The Kier molecular flexibility index (Phi) is 6.04. The molecule has 0 bridgehead atoms. The first-order valence-electron chi connectivity index (χ1n) is 8.54. The first kappa shape index (κ1) is 18.9. The van der Waals surface area contributed by atoms with Crippen molar-refractivity contribution in [3.8, 4) is 17.2 Å². The molecule has 0 atom stereocenters. The molecular weight excluding hydrogens is 364 g/mol. The molecule has 0 aliphatic heterocycles. The first-order valence-corrected chi connectivity index (χ1v) is 8.92. The number of hydrogen-bond acceptors (Lipinski definition) is 3. The van der Waals surface area contributed by atoms with Crippen LogP contribution >= 0.6 is 11.6 Å². The van der Waals surface area contributed by atoms with Crippen molar-refractivity contribution in [3.05, 3.63) is 77.1 Å². The minimum atomic E-state index is -0.200. The number of aromatic nitrogens is 1. The lowest BCUT2D eigenvalue weighted by molar-refractivity contribution is 0.0954. The Morgan fingerprint density at radius 1 is 1.04 bits per heavy atom. The summed E-state index contributed by atoms with van der Waals surface area (Å²) in [5.41, 5.74) is 2.38. The third kappa shape index (κ3) is 4.44. The fraction of sp³-hybridized carbons (Fsp3) is 0.190. The van der Waals surface area contributed by atoms with E-state index in [1.165, 1.54) is 0 Å². The Bertz CT molecular complexity index is 923. The first-order chi connectivity index (χ1) is 13.1. The number of benzene rings is 2. The highest BCUT2D eigenvalue weighted by Crippen LogP contribution is 2.27. The summed E-state index contributed by atoms with van der Waals surface area (Å²) in [6.07, 6.45) is 4.50. The summed E-state index contributed by atoms with van der Waals surface area (Å²) in [6.45, 7) is 0.485. The van der Waals surface area contributed by atoms with E-state index < -0.39 is 0 Å². The van der Waals surface area contributed by atoms with Gasteiger partial charge in [0.25, 0.3) is 5.91 Å². The number of hydrogen-bond donors (Lipinski definition) is 1. The van der Waals surface area contributed by atoms with Gasteiger partial charge in [-0.15, -0.1) is 0 Å². The highest BCUT2D eigenvalue weighted by molar-refractivity contribution is 6.33. The third-order valence-corrected chi connectivity index (χ3v) is 4.57. The summed E-state index contributed by atoms with van der Waals surface area (Å²) in [5.74, 6) is 1.15. The zero-order valence-electron chi connectivity index (χ0n) is 15.2. The van der Waals surface area contributed by atoms with E-state index in [9.17, 15) is 4.79 Å². The van der Waals surface area contributed by atoms with Crippen molar-refractivity contribution < 1.29 is 14.3 Å². The smallest absolute Gasteiger partial charge is 0.252 e. The maximum atomic E-state index is 12.6. The van der Waals surface area contributed by atoms with Gasteiger partial charge in [0.15, 0.2) is 11.5 Å².